The Morgan fingerprint density at radius 3 is 2.72 bits per heavy atom. The van der Waals surface area contributed by atoms with E-state index in [9.17, 15) is 0 Å². The summed E-state index contributed by atoms with van der Waals surface area (Å²) in [6.07, 6.45) is 7.83. The molecule has 0 aliphatic carbocycles. The molecule has 0 spiro atoms. The van der Waals surface area contributed by atoms with Gasteiger partial charge in [-0.1, -0.05) is 49.4 Å². The van der Waals surface area contributed by atoms with Crippen LogP contribution in [0.3, 0.4) is 0 Å². The molecule has 18 heavy (non-hydrogen) atoms. The van der Waals surface area contributed by atoms with Crippen molar-refractivity contribution >= 4 is 6.08 Å². The van der Waals surface area contributed by atoms with Crippen LogP contribution in [0.25, 0.3) is 6.08 Å². The van der Waals surface area contributed by atoms with Gasteiger partial charge in [0.05, 0.1) is 6.61 Å². The molecule has 0 aliphatic rings. The van der Waals surface area contributed by atoms with Gasteiger partial charge in [-0.15, -0.1) is 0 Å². The third-order valence-corrected chi connectivity index (χ3v) is 2.72. The molecule has 2 nitrogen and oxygen atoms in total. The van der Waals surface area contributed by atoms with Gasteiger partial charge in [0.2, 0.25) is 0 Å². The average molecular weight is 247 g/mol. The van der Waals surface area contributed by atoms with E-state index in [1.54, 1.807) is 0 Å². The highest BCUT2D eigenvalue weighted by molar-refractivity contribution is 5.48. The summed E-state index contributed by atoms with van der Waals surface area (Å²) in [6.45, 7) is 5.92. The number of nitrogens with one attached hydrogen (secondary N) is 1. The van der Waals surface area contributed by atoms with Crippen LogP contribution in [-0.2, 0) is 4.74 Å². The van der Waals surface area contributed by atoms with Crippen LogP contribution in [0.15, 0.2) is 36.4 Å². The Bertz CT molecular complexity index is 308. The summed E-state index contributed by atoms with van der Waals surface area (Å²) >= 11 is 0. The van der Waals surface area contributed by atoms with E-state index in [2.05, 4.69) is 36.5 Å². The fourth-order valence-corrected chi connectivity index (χ4v) is 1.71. The lowest BCUT2D eigenvalue weighted by Gasteiger charge is -2.02. The van der Waals surface area contributed by atoms with Crippen molar-refractivity contribution in [1.82, 2.24) is 5.32 Å². The molecule has 0 heterocycles. The lowest BCUT2D eigenvalue weighted by molar-refractivity contribution is 0.157. The Morgan fingerprint density at radius 2 is 1.94 bits per heavy atom. The topological polar surface area (TPSA) is 21.3 Å². The van der Waals surface area contributed by atoms with E-state index in [1.165, 1.54) is 18.4 Å². The molecule has 1 rings (SSSR count). The van der Waals surface area contributed by atoms with Gasteiger partial charge in [-0.2, -0.15) is 0 Å². The van der Waals surface area contributed by atoms with Gasteiger partial charge >= 0.3 is 0 Å². The van der Waals surface area contributed by atoms with E-state index >= 15 is 0 Å². The Labute approximate surface area is 111 Å². The second-order valence-corrected chi connectivity index (χ2v) is 4.30. The molecule has 0 radical (unpaired) electrons. The Balaban J connectivity index is 1.91. The van der Waals surface area contributed by atoms with Crippen molar-refractivity contribution in [2.45, 2.75) is 26.2 Å². The summed E-state index contributed by atoms with van der Waals surface area (Å²) < 4.78 is 5.55. The van der Waals surface area contributed by atoms with Gasteiger partial charge in [-0.25, -0.2) is 0 Å². The number of unbranched alkanes of at least 4 members (excludes halogenated alkanes) is 2. The molecule has 1 aromatic carbocycles. The van der Waals surface area contributed by atoms with Crippen molar-refractivity contribution in [3.8, 4) is 0 Å². The molecule has 0 amide bonds. The summed E-state index contributed by atoms with van der Waals surface area (Å²) in [4.78, 5) is 0. The highest BCUT2D eigenvalue weighted by Crippen LogP contribution is 2.01. The summed E-state index contributed by atoms with van der Waals surface area (Å²) in [6, 6.07) is 10.3. The summed E-state index contributed by atoms with van der Waals surface area (Å²) in [7, 11) is 0. The molecule has 0 aromatic heterocycles. The molecule has 0 atom stereocenters. The summed E-state index contributed by atoms with van der Waals surface area (Å²) in [5.41, 5.74) is 1.23. The lowest BCUT2D eigenvalue weighted by Crippen LogP contribution is -2.13. The molecule has 0 fully saturated rings. The standard InChI is InChI=1S/C16H25NO/c1-2-17-13-7-4-8-14-18-15-9-12-16-10-5-3-6-11-16/h3,5-6,9-12,17H,2,4,7-8,13-15H2,1H3. The van der Waals surface area contributed by atoms with Crippen molar-refractivity contribution in [3.63, 3.8) is 0 Å². The zero-order valence-corrected chi connectivity index (χ0v) is 11.4. The number of benzene rings is 1. The molecule has 0 bridgehead atoms. The van der Waals surface area contributed by atoms with Crippen molar-refractivity contribution in [2.75, 3.05) is 26.3 Å². The first-order valence-corrected chi connectivity index (χ1v) is 6.93. The van der Waals surface area contributed by atoms with E-state index in [1.807, 2.05) is 18.2 Å². The van der Waals surface area contributed by atoms with Gasteiger partial charge in [0.1, 0.15) is 0 Å². The van der Waals surface area contributed by atoms with Crippen LogP contribution in [0.2, 0.25) is 0 Å². The van der Waals surface area contributed by atoms with E-state index in [0.29, 0.717) is 6.61 Å². The molecule has 1 N–H and O–H groups in total. The minimum absolute atomic E-state index is 0.710. The second-order valence-electron chi connectivity index (χ2n) is 4.30. The highest BCUT2D eigenvalue weighted by Gasteiger charge is 1.89. The van der Waals surface area contributed by atoms with Gasteiger partial charge < -0.3 is 10.1 Å². The van der Waals surface area contributed by atoms with Crippen LogP contribution in [0.5, 0.6) is 0 Å². The van der Waals surface area contributed by atoms with Crippen molar-refractivity contribution in [3.05, 3.63) is 42.0 Å². The van der Waals surface area contributed by atoms with Gasteiger partial charge in [0, 0.05) is 6.61 Å². The largest absolute Gasteiger partial charge is 0.377 e. The SMILES string of the molecule is CCNCCCCCOCC=Cc1ccccc1. The number of rotatable bonds is 10. The van der Waals surface area contributed by atoms with Crippen LogP contribution in [-0.4, -0.2) is 26.3 Å². The zero-order chi connectivity index (χ0) is 12.9. The smallest absolute Gasteiger partial charge is 0.0650 e. The second kappa shape index (κ2) is 11.0. The monoisotopic (exact) mass is 247 g/mol. The fraction of sp³-hybridized carbons (Fsp3) is 0.500. The third kappa shape index (κ3) is 8.04. The summed E-state index contributed by atoms with van der Waals surface area (Å²) in [5, 5.41) is 3.33. The maximum Gasteiger partial charge on any atom is 0.0650 e. The quantitative estimate of drug-likeness (QED) is 0.639. The van der Waals surface area contributed by atoms with Crippen LogP contribution < -0.4 is 5.32 Å². The summed E-state index contributed by atoms with van der Waals surface area (Å²) in [5.74, 6) is 0. The minimum Gasteiger partial charge on any atom is -0.377 e. The first kappa shape index (κ1) is 14.9. The van der Waals surface area contributed by atoms with Gasteiger partial charge in [0.25, 0.3) is 0 Å². The van der Waals surface area contributed by atoms with Gasteiger partial charge in [-0.3, -0.25) is 0 Å². The first-order chi connectivity index (χ1) is 8.93. The van der Waals surface area contributed by atoms with Crippen LogP contribution in [0.4, 0.5) is 0 Å². The van der Waals surface area contributed by atoms with Crippen LogP contribution >= 0.6 is 0 Å². The minimum atomic E-state index is 0.710. The molecule has 0 unspecified atom stereocenters. The van der Waals surface area contributed by atoms with Gasteiger partial charge in [0.15, 0.2) is 0 Å². The average Bonchev–Trinajstić information content (AvgIpc) is 2.42. The maximum absolute atomic E-state index is 5.55. The van der Waals surface area contributed by atoms with E-state index < -0.39 is 0 Å². The first-order valence-electron chi connectivity index (χ1n) is 6.93. The Kier molecular flexibility index (Phi) is 9.13. The normalized spacial score (nSPS) is 11.2. The molecule has 0 saturated carbocycles. The van der Waals surface area contributed by atoms with Crippen molar-refractivity contribution < 1.29 is 4.74 Å². The fourth-order valence-electron chi connectivity index (χ4n) is 1.71. The Morgan fingerprint density at radius 1 is 1.11 bits per heavy atom. The zero-order valence-electron chi connectivity index (χ0n) is 11.4. The molecule has 1 aromatic rings. The van der Waals surface area contributed by atoms with E-state index in [-0.39, 0.29) is 0 Å². The van der Waals surface area contributed by atoms with Crippen molar-refractivity contribution in [1.29, 1.82) is 0 Å². The predicted molar refractivity (Wildman–Crippen MR) is 78.7 cm³/mol. The lowest BCUT2D eigenvalue weighted by atomic mass is 10.2. The predicted octanol–water partition coefficient (Wildman–Crippen LogP) is 3.50. The number of ether oxygens (including phenoxy) is 1. The van der Waals surface area contributed by atoms with Gasteiger partial charge in [-0.05, 0) is 37.9 Å². The molecule has 0 aliphatic heterocycles. The maximum atomic E-state index is 5.55. The van der Waals surface area contributed by atoms with E-state index in [4.69, 9.17) is 4.74 Å². The van der Waals surface area contributed by atoms with E-state index in [0.717, 1.165) is 26.1 Å². The molecular formula is C16H25NO. The van der Waals surface area contributed by atoms with Crippen molar-refractivity contribution in [2.24, 2.45) is 0 Å². The number of hydrogen-bond acceptors (Lipinski definition) is 2. The number of hydrogen-bond donors (Lipinski definition) is 1. The van der Waals surface area contributed by atoms with Crippen LogP contribution in [0.1, 0.15) is 31.7 Å². The highest BCUT2D eigenvalue weighted by atomic mass is 16.5. The molecular weight excluding hydrogens is 222 g/mol. The molecule has 100 valence electrons. The van der Waals surface area contributed by atoms with Crippen LogP contribution in [0, 0.1) is 0 Å². The molecule has 2 heteroatoms. The molecule has 0 saturated heterocycles. The Hall–Kier alpha value is -1.12. The third-order valence-electron chi connectivity index (χ3n) is 2.72.